The lowest BCUT2D eigenvalue weighted by Gasteiger charge is -2.10. The van der Waals surface area contributed by atoms with E-state index in [2.05, 4.69) is 65.3 Å². The third-order valence-corrected chi connectivity index (χ3v) is 8.49. The number of fused-ring (bicyclic) bond motifs is 1. The van der Waals surface area contributed by atoms with Crippen LogP contribution in [0.2, 0.25) is 0 Å². The van der Waals surface area contributed by atoms with E-state index < -0.39 is 0 Å². The van der Waals surface area contributed by atoms with Gasteiger partial charge in [0.25, 0.3) is 0 Å². The van der Waals surface area contributed by atoms with E-state index in [0.717, 1.165) is 17.6 Å². The molecule has 1 aromatic carbocycles. The molecule has 0 fully saturated rings. The fourth-order valence-electron chi connectivity index (χ4n) is 3.62. The van der Waals surface area contributed by atoms with E-state index in [0.29, 0.717) is 17.8 Å². The standard InChI is InChI=1S/C16H17FN2OS.C15H16N2OS2/c1-4-6-12(5-2)9-15(20)19-16(21)18-13-8-7-11(3)14(17)10-13;1-10-4-5-17-12-8-14(20-15(10)12)13-3-2-11(19-13)9-16-6-7-18/h4-8,10H,1-2,9H2,3H3,(H2,18,19,20,21);2-5,8,16,18H,6-7,9H2,1H3/b12-6+;. The van der Waals surface area contributed by atoms with Crippen molar-refractivity contribution in [2.24, 2.45) is 0 Å². The number of allylic oxidation sites excluding steroid dienone is 3. The van der Waals surface area contributed by atoms with Crippen LogP contribution in [-0.4, -0.2) is 34.3 Å². The Hall–Kier alpha value is -3.54. The zero-order chi connectivity index (χ0) is 29.8. The monoisotopic (exact) mass is 608 g/mol. The number of anilines is 1. The molecular formula is C31H33FN4O2S3. The van der Waals surface area contributed by atoms with Gasteiger partial charge in [-0.05, 0) is 79.2 Å². The summed E-state index contributed by atoms with van der Waals surface area (Å²) in [7, 11) is 0. The summed E-state index contributed by atoms with van der Waals surface area (Å²) >= 11 is 8.61. The minimum atomic E-state index is -0.336. The molecule has 0 radical (unpaired) electrons. The number of nitrogens with one attached hydrogen (secondary N) is 3. The largest absolute Gasteiger partial charge is 0.395 e. The highest BCUT2D eigenvalue weighted by Gasteiger charge is 2.10. The molecule has 1 amide bonds. The molecule has 0 saturated heterocycles. The zero-order valence-corrected chi connectivity index (χ0v) is 25.4. The fraction of sp³-hybridized carbons (Fsp3) is 0.194. The highest BCUT2D eigenvalue weighted by Crippen LogP contribution is 2.37. The normalized spacial score (nSPS) is 11.0. The lowest BCUT2D eigenvalue weighted by atomic mass is 10.1. The minimum absolute atomic E-state index is 0.116. The molecule has 3 heterocycles. The Kier molecular flexibility index (Phi) is 12.5. The number of aryl methyl sites for hydroxylation is 2. The number of carbonyl (C=O) groups is 1. The van der Waals surface area contributed by atoms with Crippen LogP contribution in [0.15, 0.2) is 85.6 Å². The van der Waals surface area contributed by atoms with Crippen molar-refractivity contribution in [3.8, 4) is 9.75 Å². The van der Waals surface area contributed by atoms with Crippen LogP contribution in [0.5, 0.6) is 0 Å². The van der Waals surface area contributed by atoms with Gasteiger partial charge in [-0.2, -0.15) is 0 Å². The molecule has 0 aliphatic rings. The first kappa shape index (κ1) is 32.0. The van der Waals surface area contributed by atoms with Gasteiger partial charge in [-0.1, -0.05) is 37.5 Å². The van der Waals surface area contributed by atoms with Crippen LogP contribution in [0.4, 0.5) is 10.1 Å². The van der Waals surface area contributed by atoms with E-state index in [4.69, 9.17) is 17.3 Å². The summed E-state index contributed by atoms with van der Waals surface area (Å²) in [4.78, 5) is 20.1. The van der Waals surface area contributed by atoms with E-state index in [9.17, 15) is 9.18 Å². The number of nitrogens with zero attached hydrogens (tertiary/aromatic N) is 1. The maximum atomic E-state index is 13.4. The number of thiocarbonyl (C=S) groups is 1. The SMILES string of the molecule is C=C/C=C(\C=C)CC(=O)NC(=S)Nc1ccc(C)c(F)c1.Cc1ccnc2cc(-c3ccc(CNCCO)s3)sc12. The second kappa shape index (κ2) is 16.0. The van der Waals surface area contributed by atoms with Crippen molar-refractivity contribution in [3.05, 3.63) is 107 Å². The molecule has 0 atom stereocenters. The van der Waals surface area contributed by atoms with Crippen LogP contribution in [0, 0.1) is 19.7 Å². The first-order valence-electron chi connectivity index (χ1n) is 12.8. The second-order valence-corrected chi connectivity index (χ2v) is 11.6. The number of rotatable bonds is 10. The summed E-state index contributed by atoms with van der Waals surface area (Å²) in [6.07, 6.45) is 6.86. The number of aromatic nitrogens is 1. The van der Waals surface area contributed by atoms with Gasteiger partial charge in [0.1, 0.15) is 5.82 Å². The second-order valence-electron chi connectivity index (χ2n) is 8.94. The first-order valence-corrected chi connectivity index (χ1v) is 14.8. The molecule has 6 nitrogen and oxygen atoms in total. The number of amides is 1. The van der Waals surface area contributed by atoms with E-state index in [1.165, 1.54) is 31.0 Å². The van der Waals surface area contributed by atoms with Crippen molar-refractivity contribution >= 4 is 61.8 Å². The van der Waals surface area contributed by atoms with Crippen LogP contribution in [0.1, 0.15) is 22.4 Å². The number of benzene rings is 1. The van der Waals surface area contributed by atoms with Gasteiger partial charge in [-0.15, -0.1) is 22.7 Å². The third-order valence-electron chi connectivity index (χ3n) is 5.74. The Bertz CT molecular complexity index is 1560. The van der Waals surface area contributed by atoms with Crippen molar-refractivity contribution in [1.82, 2.24) is 15.6 Å². The number of hydrogen-bond acceptors (Lipinski definition) is 7. The van der Waals surface area contributed by atoms with Crippen molar-refractivity contribution in [1.29, 1.82) is 0 Å². The molecule has 0 bridgehead atoms. The molecule has 4 N–H and O–H groups in total. The zero-order valence-electron chi connectivity index (χ0n) is 23.0. The van der Waals surface area contributed by atoms with Crippen LogP contribution in [0.3, 0.4) is 0 Å². The van der Waals surface area contributed by atoms with Crippen LogP contribution >= 0.6 is 34.9 Å². The van der Waals surface area contributed by atoms with Gasteiger partial charge in [0.15, 0.2) is 5.11 Å². The van der Waals surface area contributed by atoms with Crippen molar-refractivity contribution in [3.63, 3.8) is 0 Å². The molecule has 3 aromatic heterocycles. The Morgan fingerprint density at radius 1 is 1.10 bits per heavy atom. The predicted molar refractivity (Wildman–Crippen MR) is 175 cm³/mol. The van der Waals surface area contributed by atoms with E-state index in [-0.39, 0.29) is 29.9 Å². The highest BCUT2D eigenvalue weighted by atomic mass is 32.1. The topological polar surface area (TPSA) is 86.3 Å². The molecule has 0 saturated carbocycles. The number of aliphatic hydroxyl groups is 1. The average Bonchev–Trinajstić information content (AvgIpc) is 3.59. The molecule has 41 heavy (non-hydrogen) atoms. The highest BCUT2D eigenvalue weighted by molar-refractivity contribution is 7.80. The number of carbonyl (C=O) groups excluding carboxylic acids is 1. The van der Waals surface area contributed by atoms with Gasteiger partial charge >= 0.3 is 0 Å². The van der Waals surface area contributed by atoms with Crippen molar-refractivity contribution in [2.45, 2.75) is 26.8 Å². The van der Waals surface area contributed by atoms with E-state index in [1.54, 1.807) is 60.0 Å². The van der Waals surface area contributed by atoms with Gasteiger partial charge in [-0.25, -0.2) is 4.39 Å². The molecular weight excluding hydrogens is 576 g/mol. The van der Waals surface area contributed by atoms with Crippen molar-refractivity contribution < 1.29 is 14.3 Å². The van der Waals surface area contributed by atoms with Gasteiger partial charge in [0.2, 0.25) is 5.91 Å². The molecule has 0 aliphatic carbocycles. The summed E-state index contributed by atoms with van der Waals surface area (Å²) < 4.78 is 14.7. The maximum absolute atomic E-state index is 13.4. The lowest BCUT2D eigenvalue weighted by molar-refractivity contribution is -0.118. The number of aliphatic hydroxyl groups excluding tert-OH is 1. The predicted octanol–water partition coefficient (Wildman–Crippen LogP) is 7.05. The molecule has 0 unspecified atom stereocenters. The summed E-state index contributed by atoms with van der Waals surface area (Å²) in [5.74, 6) is -0.620. The Morgan fingerprint density at radius 2 is 1.90 bits per heavy atom. The quantitative estimate of drug-likeness (QED) is 0.0877. The number of halogens is 1. The first-order chi connectivity index (χ1) is 19.7. The van der Waals surface area contributed by atoms with Crippen LogP contribution in [-0.2, 0) is 11.3 Å². The minimum Gasteiger partial charge on any atom is -0.395 e. The summed E-state index contributed by atoms with van der Waals surface area (Å²) in [5.41, 5.74) is 4.12. The van der Waals surface area contributed by atoms with Gasteiger partial charge in [0.05, 0.1) is 23.2 Å². The smallest absolute Gasteiger partial charge is 0.230 e. The van der Waals surface area contributed by atoms with Crippen molar-refractivity contribution in [2.75, 3.05) is 18.5 Å². The van der Waals surface area contributed by atoms with Gasteiger partial charge < -0.3 is 21.1 Å². The number of hydrogen-bond donors (Lipinski definition) is 4. The molecule has 0 spiro atoms. The Morgan fingerprint density at radius 3 is 2.59 bits per heavy atom. The van der Waals surface area contributed by atoms with Gasteiger partial charge in [0, 0.05) is 39.6 Å². The Labute approximate surface area is 253 Å². The number of pyridine rings is 1. The van der Waals surface area contributed by atoms with Gasteiger partial charge in [-0.3, -0.25) is 9.78 Å². The molecule has 0 aliphatic heterocycles. The molecule has 10 heteroatoms. The van der Waals surface area contributed by atoms with Crippen LogP contribution in [0.25, 0.3) is 20.0 Å². The molecule has 4 rings (SSSR count). The van der Waals surface area contributed by atoms with E-state index >= 15 is 0 Å². The average molecular weight is 609 g/mol. The summed E-state index contributed by atoms with van der Waals surface area (Å²) in [6.45, 7) is 12.6. The fourth-order valence-corrected chi connectivity index (χ4v) is 6.00. The maximum Gasteiger partial charge on any atom is 0.230 e. The summed E-state index contributed by atoms with van der Waals surface area (Å²) in [6, 6.07) is 13.2. The Balaban J connectivity index is 0.000000225. The number of thiophene rings is 2. The third kappa shape index (κ3) is 9.80. The van der Waals surface area contributed by atoms with Crippen LogP contribution < -0.4 is 16.0 Å². The molecule has 4 aromatic rings. The summed E-state index contributed by atoms with van der Waals surface area (Å²) in [5, 5.41) is 17.4. The lowest BCUT2D eigenvalue weighted by Crippen LogP contribution is -2.34. The van der Waals surface area contributed by atoms with E-state index in [1.807, 2.05) is 6.20 Å². The molecule has 214 valence electrons.